The molecular formula is C15H18N2O. The molecule has 2 N–H and O–H groups in total. The van der Waals surface area contributed by atoms with E-state index in [0.717, 1.165) is 23.6 Å². The fourth-order valence-electron chi connectivity index (χ4n) is 3.20. The van der Waals surface area contributed by atoms with Crippen LogP contribution in [-0.2, 0) is 5.54 Å². The molecule has 0 unspecified atom stereocenters. The van der Waals surface area contributed by atoms with E-state index in [-0.39, 0.29) is 11.1 Å². The van der Waals surface area contributed by atoms with E-state index in [9.17, 15) is 4.79 Å². The molecule has 0 spiro atoms. The first-order valence-corrected chi connectivity index (χ1v) is 6.53. The molecule has 1 heterocycles. The molecule has 3 rings (SSSR count). The van der Waals surface area contributed by atoms with Crippen LogP contribution in [0.25, 0.3) is 10.8 Å². The molecule has 1 saturated carbocycles. The predicted octanol–water partition coefficient (Wildman–Crippen LogP) is 2.87. The highest BCUT2D eigenvalue weighted by atomic mass is 16.1. The number of nitrogens with zero attached hydrogens (tertiary/aromatic N) is 1. The van der Waals surface area contributed by atoms with Crippen molar-refractivity contribution in [3.8, 4) is 0 Å². The second-order valence-electron chi connectivity index (χ2n) is 5.50. The third-order valence-electron chi connectivity index (χ3n) is 4.18. The summed E-state index contributed by atoms with van der Waals surface area (Å²) in [4.78, 5) is 12.6. The summed E-state index contributed by atoms with van der Waals surface area (Å²) in [6.45, 7) is 2.15. The molecule has 1 aliphatic carbocycles. The summed E-state index contributed by atoms with van der Waals surface area (Å²) in [5.74, 6) is 0.586. The number of benzene rings is 1. The van der Waals surface area contributed by atoms with Gasteiger partial charge in [0, 0.05) is 10.9 Å². The first-order valence-electron chi connectivity index (χ1n) is 6.53. The Labute approximate surface area is 106 Å². The molecule has 3 nitrogen and oxygen atoms in total. The van der Waals surface area contributed by atoms with Crippen molar-refractivity contribution in [1.82, 2.24) is 4.57 Å². The van der Waals surface area contributed by atoms with E-state index in [2.05, 4.69) is 6.92 Å². The fraction of sp³-hybridized carbons (Fsp3) is 0.400. The first-order chi connectivity index (χ1) is 8.62. The second-order valence-corrected chi connectivity index (χ2v) is 5.50. The first kappa shape index (κ1) is 11.3. The van der Waals surface area contributed by atoms with Crippen molar-refractivity contribution in [3.05, 3.63) is 40.7 Å². The predicted molar refractivity (Wildman–Crippen MR) is 74.7 cm³/mol. The van der Waals surface area contributed by atoms with Crippen molar-refractivity contribution in [2.45, 2.75) is 38.1 Å². The molecule has 1 aromatic heterocycles. The van der Waals surface area contributed by atoms with Crippen LogP contribution in [0.4, 0.5) is 5.82 Å². The zero-order valence-electron chi connectivity index (χ0n) is 10.6. The summed E-state index contributed by atoms with van der Waals surface area (Å²) in [5.41, 5.74) is 6.06. The highest BCUT2D eigenvalue weighted by Gasteiger charge is 2.32. The average molecular weight is 242 g/mol. The van der Waals surface area contributed by atoms with Crippen LogP contribution in [0, 0.1) is 0 Å². The number of pyridine rings is 1. The molecule has 94 valence electrons. The lowest BCUT2D eigenvalue weighted by molar-refractivity contribution is 0.326. The normalized spacial score (nSPS) is 18.3. The Balaban J connectivity index is 2.33. The number of hydrogen-bond donors (Lipinski definition) is 1. The summed E-state index contributed by atoms with van der Waals surface area (Å²) in [6, 6.07) is 9.57. The van der Waals surface area contributed by atoms with Crippen molar-refractivity contribution in [1.29, 1.82) is 0 Å². The van der Waals surface area contributed by atoms with Crippen molar-refractivity contribution in [2.75, 3.05) is 5.73 Å². The maximum Gasteiger partial charge on any atom is 0.260 e. The monoisotopic (exact) mass is 242 g/mol. The molecule has 1 aliphatic rings. The van der Waals surface area contributed by atoms with Gasteiger partial charge >= 0.3 is 0 Å². The smallest absolute Gasteiger partial charge is 0.260 e. The number of nitrogen functional groups attached to an aromatic ring is 1. The number of anilines is 1. The molecule has 0 radical (unpaired) electrons. The molecule has 18 heavy (non-hydrogen) atoms. The number of fused-ring (bicyclic) bond motifs is 1. The zero-order chi connectivity index (χ0) is 12.8. The van der Waals surface area contributed by atoms with Crippen molar-refractivity contribution in [3.63, 3.8) is 0 Å². The average Bonchev–Trinajstić information content (AvgIpc) is 2.77. The Hall–Kier alpha value is -1.77. The summed E-state index contributed by atoms with van der Waals surface area (Å²) >= 11 is 0. The Morgan fingerprint density at radius 3 is 2.61 bits per heavy atom. The standard InChI is InChI=1S/C15H18N2O/c1-15(8-4-5-9-15)17-13(16)10-11-6-2-3-7-12(11)14(17)18/h2-3,6-7,10H,4-5,8-9,16H2,1H3. The second kappa shape index (κ2) is 3.87. The number of aromatic nitrogens is 1. The topological polar surface area (TPSA) is 48.0 Å². The largest absolute Gasteiger partial charge is 0.385 e. The molecule has 0 atom stereocenters. The minimum Gasteiger partial charge on any atom is -0.385 e. The van der Waals surface area contributed by atoms with Crippen molar-refractivity contribution >= 4 is 16.6 Å². The van der Waals surface area contributed by atoms with Crippen LogP contribution in [0.15, 0.2) is 35.1 Å². The highest BCUT2D eigenvalue weighted by Crippen LogP contribution is 2.36. The van der Waals surface area contributed by atoms with Crippen molar-refractivity contribution < 1.29 is 0 Å². The quantitative estimate of drug-likeness (QED) is 0.835. The number of nitrogens with two attached hydrogens (primary N) is 1. The van der Waals surface area contributed by atoms with Gasteiger partial charge in [0.05, 0.1) is 0 Å². The highest BCUT2D eigenvalue weighted by molar-refractivity contribution is 5.83. The lowest BCUT2D eigenvalue weighted by Gasteiger charge is -2.29. The van der Waals surface area contributed by atoms with Crippen LogP contribution in [-0.4, -0.2) is 4.57 Å². The summed E-state index contributed by atoms with van der Waals surface area (Å²) in [7, 11) is 0. The Morgan fingerprint density at radius 1 is 1.22 bits per heavy atom. The molecule has 0 bridgehead atoms. The van der Waals surface area contributed by atoms with Gasteiger partial charge in [-0.25, -0.2) is 0 Å². The molecule has 0 aliphatic heterocycles. The van der Waals surface area contributed by atoms with E-state index in [4.69, 9.17) is 5.73 Å². The lowest BCUT2D eigenvalue weighted by Crippen LogP contribution is -2.38. The maximum absolute atomic E-state index is 12.6. The minimum atomic E-state index is -0.106. The molecule has 1 fully saturated rings. The zero-order valence-corrected chi connectivity index (χ0v) is 10.6. The minimum absolute atomic E-state index is 0.0509. The third-order valence-corrected chi connectivity index (χ3v) is 4.18. The molecule has 3 heteroatoms. The van der Waals surface area contributed by atoms with Gasteiger partial charge in [-0.1, -0.05) is 31.0 Å². The molecular weight excluding hydrogens is 224 g/mol. The van der Waals surface area contributed by atoms with Gasteiger partial charge in [0.1, 0.15) is 5.82 Å². The van der Waals surface area contributed by atoms with Gasteiger partial charge in [0.25, 0.3) is 5.56 Å². The van der Waals surface area contributed by atoms with Gasteiger partial charge in [-0.2, -0.15) is 0 Å². The van der Waals surface area contributed by atoms with Gasteiger partial charge in [0.2, 0.25) is 0 Å². The van der Waals surface area contributed by atoms with E-state index in [0.29, 0.717) is 5.82 Å². The molecule has 2 aromatic rings. The fourth-order valence-corrected chi connectivity index (χ4v) is 3.20. The van der Waals surface area contributed by atoms with Gasteiger partial charge in [-0.05, 0) is 37.3 Å². The van der Waals surface area contributed by atoms with E-state index in [1.54, 1.807) is 0 Å². The Bertz CT molecular complexity index is 651. The van der Waals surface area contributed by atoms with Gasteiger partial charge in [-0.15, -0.1) is 0 Å². The molecule has 1 aromatic carbocycles. The Morgan fingerprint density at radius 2 is 1.89 bits per heavy atom. The van der Waals surface area contributed by atoms with E-state index in [1.165, 1.54) is 12.8 Å². The van der Waals surface area contributed by atoms with Crippen LogP contribution in [0.1, 0.15) is 32.6 Å². The van der Waals surface area contributed by atoms with Crippen LogP contribution in [0.3, 0.4) is 0 Å². The van der Waals surface area contributed by atoms with Gasteiger partial charge in [-0.3, -0.25) is 9.36 Å². The number of hydrogen-bond acceptors (Lipinski definition) is 2. The van der Waals surface area contributed by atoms with Gasteiger partial charge in [0.15, 0.2) is 0 Å². The van der Waals surface area contributed by atoms with E-state index >= 15 is 0 Å². The summed E-state index contributed by atoms with van der Waals surface area (Å²) < 4.78 is 1.81. The number of rotatable bonds is 1. The lowest BCUT2D eigenvalue weighted by atomic mass is 9.99. The maximum atomic E-state index is 12.6. The van der Waals surface area contributed by atoms with Crippen LogP contribution in [0.5, 0.6) is 0 Å². The van der Waals surface area contributed by atoms with Crippen LogP contribution < -0.4 is 11.3 Å². The molecule has 0 saturated heterocycles. The van der Waals surface area contributed by atoms with Crippen molar-refractivity contribution in [2.24, 2.45) is 0 Å². The molecule has 0 amide bonds. The van der Waals surface area contributed by atoms with E-state index < -0.39 is 0 Å². The SMILES string of the molecule is CC1(n2c(N)cc3ccccc3c2=O)CCCC1. The Kier molecular flexibility index (Phi) is 2.44. The summed E-state index contributed by atoms with van der Waals surface area (Å²) in [6.07, 6.45) is 4.43. The van der Waals surface area contributed by atoms with E-state index in [1.807, 2.05) is 34.9 Å². The summed E-state index contributed by atoms with van der Waals surface area (Å²) in [5, 5.41) is 1.69. The van der Waals surface area contributed by atoms with Crippen LogP contribution >= 0.6 is 0 Å². The van der Waals surface area contributed by atoms with Crippen LogP contribution in [0.2, 0.25) is 0 Å². The van der Waals surface area contributed by atoms with Gasteiger partial charge < -0.3 is 5.73 Å². The third kappa shape index (κ3) is 1.54.